The number of unbranched alkanes of at least 4 members (excludes halogenated alkanes) is 11. The van der Waals surface area contributed by atoms with Crippen molar-refractivity contribution in [3.8, 4) is 0 Å². The van der Waals surface area contributed by atoms with Gasteiger partial charge in [0.25, 0.3) is 0 Å². The number of carbonyl (C=O) groups excluding carboxylic acids is 1. The van der Waals surface area contributed by atoms with Crippen molar-refractivity contribution in [3.63, 3.8) is 0 Å². The van der Waals surface area contributed by atoms with E-state index in [1.165, 1.54) is 76.7 Å². The van der Waals surface area contributed by atoms with Crippen LogP contribution >= 0.6 is 0 Å². The molecule has 0 saturated heterocycles. The SMILES string of the molecule is C=CC(=O)OC(C)C(CCCCCCCCCCCCCC)C(N)(CC)CC. The maximum atomic E-state index is 11.6. The van der Waals surface area contributed by atoms with Gasteiger partial charge in [-0.05, 0) is 26.2 Å². The molecule has 2 atom stereocenters. The molecule has 2 N–H and O–H groups in total. The fraction of sp³-hybridized carbons (Fsp3) is 0.880. The van der Waals surface area contributed by atoms with Crippen LogP contribution < -0.4 is 5.73 Å². The highest BCUT2D eigenvalue weighted by Gasteiger charge is 2.36. The van der Waals surface area contributed by atoms with Gasteiger partial charge >= 0.3 is 5.97 Å². The van der Waals surface area contributed by atoms with Crippen LogP contribution in [0.2, 0.25) is 0 Å². The van der Waals surface area contributed by atoms with Gasteiger partial charge in [0.15, 0.2) is 0 Å². The molecular formula is C25H49NO2. The Hall–Kier alpha value is -0.830. The molecule has 3 nitrogen and oxygen atoms in total. The molecule has 0 fully saturated rings. The summed E-state index contributed by atoms with van der Waals surface area (Å²) < 4.78 is 5.53. The van der Waals surface area contributed by atoms with Crippen LogP contribution in [0, 0.1) is 5.92 Å². The van der Waals surface area contributed by atoms with E-state index in [-0.39, 0.29) is 23.5 Å². The predicted octanol–water partition coefficient (Wildman–Crippen LogP) is 7.33. The molecule has 0 aliphatic carbocycles. The minimum absolute atomic E-state index is 0.164. The van der Waals surface area contributed by atoms with Gasteiger partial charge in [0, 0.05) is 17.5 Å². The zero-order valence-corrected chi connectivity index (χ0v) is 19.4. The van der Waals surface area contributed by atoms with Gasteiger partial charge < -0.3 is 10.5 Å². The third kappa shape index (κ3) is 11.9. The molecule has 3 heteroatoms. The molecule has 0 spiro atoms. The second-order valence-electron chi connectivity index (χ2n) is 8.57. The Labute approximate surface area is 175 Å². The largest absolute Gasteiger partial charge is 0.459 e. The Morgan fingerprint density at radius 3 is 1.71 bits per heavy atom. The average molecular weight is 396 g/mol. The van der Waals surface area contributed by atoms with Crippen molar-refractivity contribution in [2.45, 2.75) is 136 Å². The second-order valence-corrected chi connectivity index (χ2v) is 8.57. The molecule has 0 radical (unpaired) electrons. The highest BCUT2D eigenvalue weighted by molar-refractivity contribution is 5.81. The van der Waals surface area contributed by atoms with E-state index in [0.29, 0.717) is 0 Å². The van der Waals surface area contributed by atoms with E-state index in [9.17, 15) is 4.79 Å². The van der Waals surface area contributed by atoms with E-state index in [2.05, 4.69) is 27.4 Å². The minimum atomic E-state index is -0.346. The molecule has 166 valence electrons. The topological polar surface area (TPSA) is 52.3 Å². The lowest BCUT2D eigenvalue weighted by Crippen LogP contribution is -2.51. The minimum Gasteiger partial charge on any atom is -0.459 e. The molecule has 0 amide bonds. The zero-order chi connectivity index (χ0) is 21.3. The number of ether oxygens (including phenoxy) is 1. The molecular weight excluding hydrogens is 346 g/mol. The van der Waals surface area contributed by atoms with Gasteiger partial charge in [0.05, 0.1) is 0 Å². The van der Waals surface area contributed by atoms with Crippen molar-refractivity contribution in [3.05, 3.63) is 12.7 Å². The summed E-state index contributed by atoms with van der Waals surface area (Å²) in [5, 5.41) is 0. The highest BCUT2D eigenvalue weighted by Crippen LogP contribution is 2.32. The Bertz CT molecular complexity index is 390. The van der Waals surface area contributed by atoms with E-state index >= 15 is 0 Å². The van der Waals surface area contributed by atoms with Crippen molar-refractivity contribution < 1.29 is 9.53 Å². The van der Waals surface area contributed by atoms with Crippen molar-refractivity contribution in [1.82, 2.24) is 0 Å². The fourth-order valence-electron chi connectivity index (χ4n) is 4.28. The van der Waals surface area contributed by atoms with Crippen LogP contribution in [0.3, 0.4) is 0 Å². The van der Waals surface area contributed by atoms with Crippen LogP contribution in [0.5, 0.6) is 0 Å². The molecule has 0 heterocycles. The zero-order valence-electron chi connectivity index (χ0n) is 19.4. The quantitative estimate of drug-likeness (QED) is 0.141. The monoisotopic (exact) mass is 395 g/mol. The predicted molar refractivity (Wildman–Crippen MR) is 122 cm³/mol. The molecule has 0 aliphatic heterocycles. The van der Waals surface area contributed by atoms with E-state index in [1.54, 1.807) is 0 Å². The van der Waals surface area contributed by atoms with Crippen LogP contribution in [-0.4, -0.2) is 17.6 Å². The van der Waals surface area contributed by atoms with Crippen LogP contribution in [-0.2, 0) is 9.53 Å². The average Bonchev–Trinajstić information content (AvgIpc) is 2.70. The maximum absolute atomic E-state index is 11.6. The standard InChI is InChI=1S/C25H49NO2/c1-6-10-11-12-13-14-15-16-17-18-19-20-21-23(25(26,8-3)9-4)22(5)28-24(27)7-2/h7,22-23H,2,6,8-21,26H2,1,3-5H3. The molecule has 0 rings (SSSR count). The van der Waals surface area contributed by atoms with E-state index < -0.39 is 0 Å². The van der Waals surface area contributed by atoms with Crippen LogP contribution in [0.4, 0.5) is 0 Å². The van der Waals surface area contributed by atoms with Gasteiger partial charge in [-0.1, -0.05) is 104 Å². The second kappa shape index (κ2) is 17.1. The number of nitrogens with two attached hydrogens (primary N) is 1. The number of esters is 1. The summed E-state index contributed by atoms with van der Waals surface area (Å²) in [7, 11) is 0. The first-order valence-electron chi connectivity index (χ1n) is 12.1. The Balaban J connectivity index is 4.08. The summed E-state index contributed by atoms with van der Waals surface area (Å²) in [6, 6.07) is 0. The third-order valence-electron chi connectivity index (χ3n) is 6.46. The lowest BCUT2D eigenvalue weighted by molar-refractivity contribution is -0.146. The smallest absolute Gasteiger partial charge is 0.330 e. The van der Waals surface area contributed by atoms with E-state index in [1.807, 2.05) is 6.92 Å². The van der Waals surface area contributed by atoms with Gasteiger partial charge in [-0.25, -0.2) is 4.79 Å². The molecule has 0 aromatic rings. The van der Waals surface area contributed by atoms with Crippen molar-refractivity contribution >= 4 is 5.97 Å². The summed E-state index contributed by atoms with van der Waals surface area (Å²) in [5.41, 5.74) is 6.42. The first-order valence-corrected chi connectivity index (χ1v) is 12.1. The maximum Gasteiger partial charge on any atom is 0.330 e. The first-order chi connectivity index (χ1) is 13.4. The van der Waals surface area contributed by atoms with Crippen molar-refractivity contribution in [2.24, 2.45) is 11.7 Å². The van der Waals surface area contributed by atoms with Crippen molar-refractivity contribution in [1.29, 1.82) is 0 Å². The molecule has 0 bridgehead atoms. The number of rotatable bonds is 19. The van der Waals surface area contributed by atoms with Gasteiger partial charge in [-0.15, -0.1) is 0 Å². The molecule has 0 aromatic carbocycles. The van der Waals surface area contributed by atoms with Gasteiger partial charge in [0.2, 0.25) is 0 Å². The number of carbonyl (C=O) groups is 1. The molecule has 0 saturated carbocycles. The Kier molecular flexibility index (Phi) is 16.6. The molecule has 0 aliphatic rings. The summed E-state index contributed by atoms with van der Waals surface area (Å²) >= 11 is 0. The van der Waals surface area contributed by atoms with Crippen molar-refractivity contribution in [2.75, 3.05) is 0 Å². The highest BCUT2D eigenvalue weighted by atomic mass is 16.5. The van der Waals surface area contributed by atoms with Gasteiger partial charge in [0.1, 0.15) is 6.10 Å². The van der Waals surface area contributed by atoms with Crippen LogP contribution in [0.25, 0.3) is 0 Å². The normalized spacial score (nSPS) is 13.9. The lowest BCUT2D eigenvalue weighted by Gasteiger charge is -2.39. The summed E-state index contributed by atoms with van der Waals surface area (Å²) in [6.07, 6.45) is 20.1. The van der Waals surface area contributed by atoms with Crippen LogP contribution in [0.1, 0.15) is 124 Å². The lowest BCUT2D eigenvalue weighted by atomic mass is 9.74. The number of hydrogen-bond acceptors (Lipinski definition) is 3. The van der Waals surface area contributed by atoms with Gasteiger partial charge in [-0.3, -0.25) is 0 Å². The Morgan fingerprint density at radius 2 is 1.32 bits per heavy atom. The summed E-state index contributed by atoms with van der Waals surface area (Å²) in [4.78, 5) is 11.6. The number of hydrogen-bond donors (Lipinski definition) is 1. The van der Waals surface area contributed by atoms with E-state index in [4.69, 9.17) is 10.5 Å². The first kappa shape index (κ1) is 27.2. The van der Waals surface area contributed by atoms with Gasteiger partial charge in [-0.2, -0.15) is 0 Å². The Morgan fingerprint density at radius 1 is 0.893 bits per heavy atom. The summed E-state index contributed by atoms with van der Waals surface area (Å²) in [6.45, 7) is 12.0. The third-order valence-corrected chi connectivity index (χ3v) is 6.46. The molecule has 2 unspecified atom stereocenters. The molecule has 0 aromatic heterocycles. The molecule has 28 heavy (non-hydrogen) atoms. The van der Waals surface area contributed by atoms with E-state index in [0.717, 1.165) is 25.7 Å². The fourth-order valence-corrected chi connectivity index (χ4v) is 4.28. The van der Waals surface area contributed by atoms with Crippen LogP contribution in [0.15, 0.2) is 12.7 Å². The summed E-state index contributed by atoms with van der Waals surface area (Å²) in [5.74, 6) is -0.142.